The van der Waals surface area contributed by atoms with Crippen molar-refractivity contribution < 1.29 is 0 Å². The van der Waals surface area contributed by atoms with Crippen molar-refractivity contribution in [1.29, 1.82) is 0 Å². The van der Waals surface area contributed by atoms with Gasteiger partial charge in [-0.3, -0.25) is 4.90 Å². The smallest absolute Gasteiger partial charge is 0.0236 e. The number of benzene rings is 1. The van der Waals surface area contributed by atoms with Crippen LogP contribution in [0.1, 0.15) is 29.5 Å². The van der Waals surface area contributed by atoms with Crippen LogP contribution < -0.4 is 0 Å². The highest BCUT2D eigenvalue weighted by Gasteiger charge is 2.26. The van der Waals surface area contributed by atoms with E-state index in [4.69, 9.17) is 0 Å². The first-order valence-electron chi connectivity index (χ1n) is 6.12. The van der Waals surface area contributed by atoms with Crippen molar-refractivity contribution in [3.05, 3.63) is 34.9 Å². The molecule has 1 nitrogen and oxygen atoms in total. The van der Waals surface area contributed by atoms with Crippen molar-refractivity contribution >= 4 is 0 Å². The van der Waals surface area contributed by atoms with Crippen LogP contribution in [0.15, 0.2) is 18.2 Å². The Morgan fingerprint density at radius 1 is 1.27 bits per heavy atom. The first-order chi connectivity index (χ1) is 7.31. The molecule has 0 bridgehead atoms. The lowest BCUT2D eigenvalue weighted by molar-refractivity contribution is 0.244. The van der Waals surface area contributed by atoms with Crippen LogP contribution in [0.5, 0.6) is 0 Å². The highest BCUT2D eigenvalue weighted by molar-refractivity contribution is 5.33. The second kappa shape index (κ2) is 3.64. The van der Waals surface area contributed by atoms with Gasteiger partial charge >= 0.3 is 0 Å². The molecule has 0 radical (unpaired) electrons. The molecule has 0 saturated heterocycles. The fourth-order valence-electron chi connectivity index (χ4n) is 2.57. The van der Waals surface area contributed by atoms with Crippen molar-refractivity contribution in [2.24, 2.45) is 5.92 Å². The van der Waals surface area contributed by atoms with Crippen LogP contribution in [0, 0.1) is 12.8 Å². The minimum Gasteiger partial charge on any atom is -0.298 e. The molecule has 1 heteroatoms. The monoisotopic (exact) mass is 201 g/mol. The minimum atomic E-state index is 1.02. The maximum absolute atomic E-state index is 2.64. The maximum Gasteiger partial charge on any atom is 0.0236 e. The van der Waals surface area contributed by atoms with Crippen LogP contribution >= 0.6 is 0 Å². The molecule has 1 heterocycles. The van der Waals surface area contributed by atoms with E-state index in [1.54, 1.807) is 11.1 Å². The summed E-state index contributed by atoms with van der Waals surface area (Å²) in [5, 5.41) is 0. The van der Waals surface area contributed by atoms with E-state index in [0.29, 0.717) is 0 Å². The van der Waals surface area contributed by atoms with E-state index in [-0.39, 0.29) is 0 Å². The quantitative estimate of drug-likeness (QED) is 0.711. The van der Waals surface area contributed by atoms with E-state index in [9.17, 15) is 0 Å². The summed E-state index contributed by atoms with van der Waals surface area (Å²) in [4.78, 5) is 2.64. The molecule has 0 aromatic heterocycles. The lowest BCUT2D eigenvalue weighted by Gasteiger charge is -2.29. The van der Waals surface area contributed by atoms with Crippen molar-refractivity contribution in [3.8, 4) is 0 Å². The Balaban J connectivity index is 1.75. The van der Waals surface area contributed by atoms with Crippen LogP contribution in [-0.4, -0.2) is 18.0 Å². The molecule has 0 N–H and O–H groups in total. The van der Waals surface area contributed by atoms with Crippen LogP contribution in [-0.2, 0) is 13.0 Å². The first-order valence-corrected chi connectivity index (χ1v) is 6.12. The molecule has 1 aromatic carbocycles. The Kier molecular flexibility index (Phi) is 2.28. The largest absolute Gasteiger partial charge is 0.298 e. The lowest BCUT2D eigenvalue weighted by Crippen LogP contribution is -2.32. The van der Waals surface area contributed by atoms with E-state index in [1.165, 1.54) is 44.5 Å². The summed E-state index contributed by atoms with van der Waals surface area (Å²) in [6, 6.07) is 6.93. The Labute approximate surface area is 92.1 Å². The number of rotatable bonds is 2. The average Bonchev–Trinajstić information content (AvgIpc) is 3.01. The van der Waals surface area contributed by atoms with Crippen LogP contribution in [0.4, 0.5) is 0 Å². The zero-order chi connectivity index (χ0) is 10.3. The molecule has 1 aliphatic heterocycles. The zero-order valence-electron chi connectivity index (χ0n) is 9.50. The molecular weight excluding hydrogens is 182 g/mol. The number of aryl methyl sites for hydroxylation is 1. The molecule has 2 aliphatic rings. The molecule has 15 heavy (non-hydrogen) atoms. The summed E-state index contributed by atoms with van der Waals surface area (Å²) in [6.45, 7) is 5.99. The number of hydrogen-bond acceptors (Lipinski definition) is 1. The van der Waals surface area contributed by atoms with Crippen molar-refractivity contribution in [1.82, 2.24) is 4.90 Å². The fraction of sp³-hybridized carbons (Fsp3) is 0.571. The average molecular weight is 201 g/mol. The van der Waals surface area contributed by atoms with Gasteiger partial charge in [-0.1, -0.05) is 23.8 Å². The van der Waals surface area contributed by atoms with Gasteiger partial charge in [-0.15, -0.1) is 0 Å². The summed E-state index contributed by atoms with van der Waals surface area (Å²) < 4.78 is 0. The van der Waals surface area contributed by atoms with Crippen molar-refractivity contribution in [2.75, 3.05) is 13.1 Å². The van der Waals surface area contributed by atoms with Gasteiger partial charge in [0, 0.05) is 19.6 Å². The SMILES string of the molecule is Cc1ccc2c(c1)CN(CC1CC1)CC2. The van der Waals surface area contributed by atoms with E-state index in [1.807, 2.05) is 0 Å². The topological polar surface area (TPSA) is 3.24 Å². The minimum absolute atomic E-state index is 1.02. The second-order valence-corrected chi connectivity index (χ2v) is 5.20. The van der Waals surface area contributed by atoms with Gasteiger partial charge < -0.3 is 0 Å². The molecule has 1 aliphatic carbocycles. The summed E-state index contributed by atoms with van der Waals surface area (Å²) in [5.41, 5.74) is 4.55. The molecule has 3 rings (SSSR count). The van der Waals surface area contributed by atoms with Crippen LogP contribution in [0.2, 0.25) is 0 Å². The maximum atomic E-state index is 2.64. The van der Waals surface area contributed by atoms with Gasteiger partial charge in [0.2, 0.25) is 0 Å². The molecule has 0 atom stereocenters. The van der Waals surface area contributed by atoms with Gasteiger partial charge in [-0.25, -0.2) is 0 Å². The molecule has 0 amide bonds. The fourth-order valence-corrected chi connectivity index (χ4v) is 2.57. The molecule has 80 valence electrons. The number of hydrogen-bond donors (Lipinski definition) is 0. The van der Waals surface area contributed by atoms with Gasteiger partial charge in [0.1, 0.15) is 0 Å². The molecule has 0 spiro atoms. The highest BCUT2D eigenvalue weighted by atomic mass is 15.1. The molecule has 1 saturated carbocycles. The zero-order valence-corrected chi connectivity index (χ0v) is 9.50. The van der Waals surface area contributed by atoms with Crippen LogP contribution in [0.3, 0.4) is 0 Å². The number of fused-ring (bicyclic) bond motifs is 1. The molecule has 1 fully saturated rings. The molecule has 1 aromatic rings. The predicted octanol–water partition coefficient (Wildman–Crippen LogP) is 2.76. The van der Waals surface area contributed by atoms with E-state index in [2.05, 4.69) is 30.0 Å². The summed E-state index contributed by atoms with van der Waals surface area (Å²) in [5.74, 6) is 1.02. The standard InChI is InChI=1S/C14H19N/c1-11-2-5-13-6-7-15(9-12-3-4-12)10-14(13)8-11/h2,5,8,12H,3-4,6-7,9-10H2,1H3. The van der Waals surface area contributed by atoms with E-state index in [0.717, 1.165) is 5.92 Å². The Hall–Kier alpha value is -0.820. The third kappa shape index (κ3) is 2.07. The van der Waals surface area contributed by atoms with Crippen molar-refractivity contribution in [3.63, 3.8) is 0 Å². The summed E-state index contributed by atoms with van der Waals surface area (Å²) in [6.07, 6.45) is 4.19. The Morgan fingerprint density at radius 2 is 2.13 bits per heavy atom. The van der Waals surface area contributed by atoms with Gasteiger partial charge in [0.25, 0.3) is 0 Å². The molecule has 0 unspecified atom stereocenters. The van der Waals surface area contributed by atoms with Gasteiger partial charge in [0.15, 0.2) is 0 Å². The van der Waals surface area contributed by atoms with Gasteiger partial charge in [-0.05, 0) is 43.2 Å². The second-order valence-electron chi connectivity index (χ2n) is 5.20. The van der Waals surface area contributed by atoms with Gasteiger partial charge in [0.05, 0.1) is 0 Å². The Morgan fingerprint density at radius 3 is 2.93 bits per heavy atom. The lowest BCUT2D eigenvalue weighted by atomic mass is 9.97. The normalized spacial score (nSPS) is 21.4. The third-order valence-corrected chi connectivity index (χ3v) is 3.67. The van der Waals surface area contributed by atoms with Gasteiger partial charge in [-0.2, -0.15) is 0 Å². The Bertz CT molecular complexity index is 366. The van der Waals surface area contributed by atoms with Crippen molar-refractivity contribution in [2.45, 2.75) is 32.7 Å². The summed E-state index contributed by atoms with van der Waals surface area (Å²) >= 11 is 0. The van der Waals surface area contributed by atoms with Crippen LogP contribution in [0.25, 0.3) is 0 Å². The highest BCUT2D eigenvalue weighted by Crippen LogP contribution is 2.31. The third-order valence-electron chi connectivity index (χ3n) is 3.67. The predicted molar refractivity (Wildman–Crippen MR) is 62.9 cm³/mol. The summed E-state index contributed by atoms with van der Waals surface area (Å²) in [7, 11) is 0. The first kappa shape index (κ1) is 9.41. The molecular formula is C14H19N. The van der Waals surface area contributed by atoms with E-state index < -0.39 is 0 Å². The number of nitrogens with zero attached hydrogens (tertiary/aromatic N) is 1. The van der Waals surface area contributed by atoms with E-state index >= 15 is 0 Å².